The molecule has 0 spiro atoms. The lowest BCUT2D eigenvalue weighted by atomic mass is 10.2. The van der Waals surface area contributed by atoms with E-state index in [1.165, 1.54) is 42.5 Å². The minimum Gasteiger partial charge on any atom is -0.492 e. The van der Waals surface area contributed by atoms with Crippen LogP contribution in [0.1, 0.15) is 5.56 Å². The fourth-order valence-electron chi connectivity index (χ4n) is 3.05. The molecular formula is C24H18ClNO6S2. The molecule has 0 aliphatic carbocycles. The molecule has 0 unspecified atom stereocenters. The zero-order valence-electron chi connectivity index (χ0n) is 17.6. The van der Waals surface area contributed by atoms with Crippen molar-refractivity contribution in [2.75, 3.05) is 13.2 Å². The van der Waals surface area contributed by atoms with Gasteiger partial charge in [-0.2, -0.15) is 8.42 Å². The second-order valence-corrected chi connectivity index (χ2v) is 10.0. The van der Waals surface area contributed by atoms with Crippen LogP contribution in [0.4, 0.5) is 4.79 Å². The van der Waals surface area contributed by atoms with Crippen LogP contribution in [0.15, 0.2) is 88.7 Å². The number of carbonyl (C=O) groups is 2. The molecule has 4 rings (SSSR count). The number of ether oxygens (including phenoxy) is 1. The van der Waals surface area contributed by atoms with Crippen molar-refractivity contribution in [3.63, 3.8) is 0 Å². The molecular weight excluding hydrogens is 498 g/mol. The van der Waals surface area contributed by atoms with Crippen LogP contribution in [-0.2, 0) is 14.9 Å². The van der Waals surface area contributed by atoms with E-state index >= 15 is 0 Å². The molecule has 10 heteroatoms. The summed E-state index contributed by atoms with van der Waals surface area (Å²) >= 11 is 6.62. The maximum absolute atomic E-state index is 12.7. The third-order valence-electron chi connectivity index (χ3n) is 4.66. The first-order valence-electron chi connectivity index (χ1n) is 10.1. The summed E-state index contributed by atoms with van der Waals surface area (Å²) in [7, 11) is -4.06. The van der Waals surface area contributed by atoms with E-state index in [9.17, 15) is 18.0 Å². The molecule has 1 saturated heterocycles. The molecule has 1 aliphatic heterocycles. The zero-order chi connectivity index (χ0) is 24.1. The van der Waals surface area contributed by atoms with Gasteiger partial charge in [0.05, 0.1) is 11.4 Å². The fraction of sp³-hybridized carbons (Fsp3) is 0.0833. The number of amides is 2. The molecule has 2 amide bonds. The van der Waals surface area contributed by atoms with Crippen LogP contribution in [-0.4, -0.2) is 37.6 Å². The van der Waals surface area contributed by atoms with Gasteiger partial charge in [-0.3, -0.25) is 14.5 Å². The highest BCUT2D eigenvalue weighted by atomic mass is 35.5. The molecule has 3 aromatic carbocycles. The number of benzene rings is 3. The van der Waals surface area contributed by atoms with Gasteiger partial charge in [-0.25, -0.2) is 0 Å². The van der Waals surface area contributed by atoms with Crippen LogP contribution in [0.3, 0.4) is 0 Å². The Morgan fingerprint density at radius 1 is 0.912 bits per heavy atom. The van der Waals surface area contributed by atoms with Crippen LogP contribution >= 0.6 is 23.4 Å². The number of hydrogen-bond acceptors (Lipinski definition) is 7. The number of nitrogens with zero attached hydrogens (tertiary/aromatic N) is 1. The average Bonchev–Trinajstić information content (AvgIpc) is 3.07. The third-order valence-corrected chi connectivity index (χ3v) is 7.09. The van der Waals surface area contributed by atoms with E-state index in [2.05, 4.69) is 0 Å². The molecule has 34 heavy (non-hydrogen) atoms. The second-order valence-electron chi connectivity index (χ2n) is 7.06. The number of rotatable bonds is 8. The molecule has 174 valence electrons. The van der Waals surface area contributed by atoms with Gasteiger partial charge in [-0.05, 0) is 71.9 Å². The highest BCUT2D eigenvalue weighted by molar-refractivity contribution is 8.18. The minimum absolute atomic E-state index is 0.0406. The van der Waals surface area contributed by atoms with Crippen molar-refractivity contribution in [2.45, 2.75) is 4.90 Å². The van der Waals surface area contributed by atoms with Gasteiger partial charge in [0.25, 0.3) is 11.1 Å². The van der Waals surface area contributed by atoms with Crippen molar-refractivity contribution >= 4 is 50.7 Å². The minimum atomic E-state index is -4.06. The molecule has 0 aromatic heterocycles. The van der Waals surface area contributed by atoms with Gasteiger partial charge >= 0.3 is 10.1 Å². The lowest BCUT2D eigenvalue weighted by molar-refractivity contribution is -0.123. The molecule has 7 nitrogen and oxygen atoms in total. The largest absolute Gasteiger partial charge is 0.492 e. The van der Waals surface area contributed by atoms with E-state index < -0.39 is 21.3 Å². The standard InChI is InChI=1S/C24H18ClNO6S2/c25-18-9-11-21(12-10-18)34(29,30)32-20-8-4-5-17(15-20)16-22-23(27)26(24(28)33-22)13-14-31-19-6-2-1-3-7-19/h1-12,15-16H,13-14H2/b22-16-. The van der Waals surface area contributed by atoms with E-state index in [1.54, 1.807) is 24.3 Å². The summed E-state index contributed by atoms with van der Waals surface area (Å²) < 4.78 is 35.8. The Bertz CT molecular complexity index is 1340. The summed E-state index contributed by atoms with van der Waals surface area (Å²) in [5, 5.41) is 0.00662. The van der Waals surface area contributed by atoms with Gasteiger partial charge in [0, 0.05) is 5.02 Å². The van der Waals surface area contributed by atoms with Crippen LogP contribution in [0.5, 0.6) is 11.5 Å². The van der Waals surface area contributed by atoms with Gasteiger partial charge in [-0.15, -0.1) is 0 Å². The van der Waals surface area contributed by atoms with Crippen molar-refractivity contribution in [1.29, 1.82) is 0 Å². The number of carbonyl (C=O) groups excluding carboxylic acids is 2. The summed E-state index contributed by atoms with van der Waals surface area (Å²) in [6.07, 6.45) is 1.52. The van der Waals surface area contributed by atoms with E-state index in [0.29, 0.717) is 16.3 Å². The molecule has 1 aliphatic rings. The lowest BCUT2D eigenvalue weighted by Crippen LogP contribution is -2.32. The topological polar surface area (TPSA) is 90.0 Å². The summed E-state index contributed by atoms with van der Waals surface area (Å²) in [5.74, 6) is 0.279. The predicted molar refractivity (Wildman–Crippen MR) is 130 cm³/mol. The molecule has 0 radical (unpaired) electrons. The maximum Gasteiger partial charge on any atom is 0.339 e. The molecule has 3 aromatic rings. The normalized spacial score (nSPS) is 15.1. The summed E-state index contributed by atoms with van der Waals surface area (Å²) in [4.78, 5) is 26.3. The van der Waals surface area contributed by atoms with E-state index in [0.717, 1.165) is 16.7 Å². The Morgan fingerprint density at radius 3 is 2.35 bits per heavy atom. The summed E-state index contributed by atoms with van der Waals surface area (Å²) in [6.45, 7) is 0.278. The summed E-state index contributed by atoms with van der Waals surface area (Å²) in [6, 6.07) is 20.9. The highest BCUT2D eigenvalue weighted by Gasteiger charge is 2.34. The van der Waals surface area contributed by atoms with Crippen LogP contribution in [0.2, 0.25) is 5.02 Å². The van der Waals surface area contributed by atoms with E-state index in [4.69, 9.17) is 20.5 Å². The first-order valence-corrected chi connectivity index (χ1v) is 12.7. The number of halogens is 1. The first kappa shape index (κ1) is 23.9. The predicted octanol–water partition coefficient (Wildman–Crippen LogP) is 5.22. The molecule has 0 N–H and O–H groups in total. The Balaban J connectivity index is 1.43. The number of imide groups is 1. The molecule has 0 atom stereocenters. The van der Waals surface area contributed by atoms with Crippen LogP contribution in [0, 0.1) is 0 Å². The highest BCUT2D eigenvalue weighted by Crippen LogP contribution is 2.32. The van der Waals surface area contributed by atoms with Crippen LogP contribution < -0.4 is 8.92 Å². The van der Waals surface area contributed by atoms with Crippen molar-refractivity contribution in [3.8, 4) is 11.5 Å². The number of thioether (sulfide) groups is 1. The van der Waals surface area contributed by atoms with Crippen molar-refractivity contribution in [1.82, 2.24) is 4.90 Å². The van der Waals surface area contributed by atoms with E-state index in [1.807, 2.05) is 18.2 Å². The third kappa shape index (κ3) is 5.80. The molecule has 1 heterocycles. The SMILES string of the molecule is O=C1S/C(=C\c2cccc(OS(=O)(=O)c3ccc(Cl)cc3)c2)C(=O)N1CCOc1ccccc1. The number of hydrogen-bond donors (Lipinski definition) is 0. The van der Waals surface area contributed by atoms with Gasteiger partial charge in [0.15, 0.2) is 0 Å². The Hall–Kier alpha value is -3.27. The Labute approximate surface area is 206 Å². The molecule has 1 fully saturated rings. The van der Waals surface area contributed by atoms with Crippen molar-refractivity contribution < 1.29 is 26.9 Å². The molecule has 0 bridgehead atoms. The Kier molecular flexibility index (Phi) is 7.26. The van der Waals surface area contributed by atoms with Gasteiger partial charge < -0.3 is 8.92 Å². The fourth-order valence-corrected chi connectivity index (χ4v) is 4.96. The van der Waals surface area contributed by atoms with Gasteiger partial charge in [-0.1, -0.05) is 41.9 Å². The zero-order valence-corrected chi connectivity index (χ0v) is 20.0. The Morgan fingerprint density at radius 2 is 1.62 bits per heavy atom. The van der Waals surface area contributed by atoms with E-state index in [-0.39, 0.29) is 28.7 Å². The summed E-state index contributed by atoms with van der Waals surface area (Å²) in [5.41, 5.74) is 0.509. The van der Waals surface area contributed by atoms with Crippen LogP contribution in [0.25, 0.3) is 6.08 Å². The number of para-hydroxylation sites is 1. The smallest absolute Gasteiger partial charge is 0.339 e. The monoisotopic (exact) mass is 515 g/mol. The quantitative estimate of drug-likeness (QED) is 0.300. The van der Waals surface area contributed by atoms with Crippen molar-refractivity contribution in [3.05, 3.63) is 94.4 Å². The first-order chi connectivity index (χ1) is 16.3. The average molecular weight is 516 g/mol. The second kappa shape index (κ2) is 10.3. The lowest BCUT2D eigenvalue weighted by Gasteiger charge is -2.13. The van der Waals surface area contributed by atoms with Gasteiger partial charge in [0.2, 0.25) is 0 Å². The maximum atomic E-state index is 12.7. The van der Waals surface area contributed by atoms with Crippen molar-refractivity contribution in [2.24, 2.45) is 0 Å². The van der Waals surface area contributed by atoms with Gasteiger partial charge in [0.1, 0.15) is 23.0 Å². The molecule has 0 saturated carbocycles.